The maximum absolute atomic E-state index is 12.8. The quantitative estimate of drug-likeness (QED) is 0.417. The van der Waals surface area contributed by atoms with Gasteiger partial charge in [-0.3, -0.25) is 9.59 Å². The van der Waals surface area contributed by atoms with Crippen LogP contribution >= 0.6 is 23.4 Å². The van der Waals surface area contributed by atoms with Crippen LogP contribution in [0.25, 0.3) is 0 Å². The van der Waals surface area contributed by atoms with Crippen molar-refractivity contribution in [1.82, 2.24) is 5.01 Å². The first-order chi connectivity index (χ1) is 18.4. The lowest BCUT2D eigenvalue weighted by Gasteiger charge is -2.23. The number of carbonyl (C=O) groups is 2. The summed E-state index contributed by atoms with van der Waals surface area (Å²) < 4.78 is 11.0. The molecular formula is C28H25ClN4O4S. The number of methoxy groups -OCH3 is 2. The fourth-order valence-corrected chi connectivity index (χ4v) is 5.63. The number of amidine groups is 1. The molecule has 0 radical (unpaired) electrons. The number of carbonyl (C=O) groups excluding carboxylic acids is 2. The number of benzene rings is 3. The summed E-state index contributed by atoms with van der Waals surface area (Å²) >= 11 is 7.56. The Bertz CT molecular complexity index is 1430. The summed E-state index contributed by atoms with van der Waals surface area (Å²) in [6.45, 7) is 0. The van der Waals surface area contributed by atoms with Crippen LogP contribution in [-0.2, 0) is 9.59 Å². The number of para-hydroxylation sites is 1. The molecule has 194 valence electrons. The van der Waals surface area contributed by atoms with E-state index < -0.39 is 5.25 Å². The van der Waals surface area contributed by atoms with E-state index in [-0.39, 0.29) is 24.3 Å². The van der Waals surface area contributed by atoms with Crippen LogP contribution in [0.15, 0.2) is 82.9 Å². The van der Waals surface area contributed by atoms with Crippen LogP contribution in [0.4, 0.5) is 5.69 Å². The van der Waals surface area contributed by atoms with Crippen molar-refractivity contribution in [2.45, 2.75) is 24.1 Å². The van der Waals surface area contributed by atoms with Gasteiger partial charge in [-0.05, 0) is 48.0 Å². The Morgan fingerprint density at radius 3 is 2.63 bits per heavy atom. The van der Waals surface area contributed by atoms with E-state index >= 15 is 0 Å². The average molecular weight is 549 g/mol. The molecule has 2 heterocycles. The lowest BCUT2D eigenvalue weighted by Crippen LogP contribution is -2.25. The fourth-order valence-electron chi connectivity index (χ4n) is 4.37. The van der Waals surface area contributed by atoms with E-state index in [4.69, 9.17) is 26.2 Å². The SMILES string of the molecule is COc1ccc(OC)c(C2=NN(C3=NC(=O)[C@@H](CC(=O)Nc4ccccc4)S3)[C@@H](c3cccc(Cl)c3)C2)c1. The molecule has 0 aliphatic carbocycles. The van der Waals surface area contributed by atoms with Crippen LogP contribution in [0.3, 0.4) is 0 Å². The van der Waals surface area contributed by atoms with Gasteiger partial charge in [0.05, 0.1) is 26.0 Å². The zero-order chi connectivity index (χ0) is 26.6. The minimum Gasteiger partial charge on any atom is -0.497 e. The number of hydrazone groups is 1. The van der Waals surface area contributed by atoms with Gasteiger partial charge in [-0.2, -0.15) is 10.1 Å². The highest BCUT2D eigenvalue weighted by Crippen LogP contribution is 2.40. The number of anilines is 1. The maximum Gasteiger partial charge on any atom is 0.262 e. The zero-order valence-corrected chi connectivity index (χ0v) is 22.3. The van der Waals surface area contributed by atoms with Crippen LogP contribution < -0.4 is 14.8 Å². The number of hydrogen-bond donors (Lipinski definition) is 1. The Labute approximate surface area is 229 Å². The molecule has 0 fully saturated rings. The number of nitrogens with zero attached hydrogens (tertiary/aromatic N) is 3. The minimum absolute atomic E-state index is 0.00133. The van der Waals surface area contributed by atoms with Gasteiger partial charge in [0, 0.05) is 29.1 Å². The fraction of sp³-hybridized carbons (Fsp3) is 0.214. The molecule has 10 heteroatoms. The molecule has 2 amide bonds. The van der Waals surface area contributed by atoms with Crippen LogP contribution in [0, 0.1) is 0 Å². The molecule has 38 heavy (non-hydrogen) atoms. The Hall–Kier alpha value is -3.82. The smallest absolute Gasteiger partial charge is 0.262 e. The summed E-state index contributed by atoms with van der Waals surface area (Å²) in [5.74, 6) is 0.717. The van der Waals surface area contributed by atoms with Crippen molar-refractivity contribution in [3.63, 3.8) is 0 Å². The molecule has 0 bridgehead atoms. The summed E-state index contributed by atoms with van der Waals surface area (Å²) in [5, 5.41) is 9.87. The van der Waals surface area contributed by atoms with Crippen LogP contribution in [0.2, 0.25) is 5.02 Å². The van der Waals surface area contributed by atoms with E-state index in [2.05, 4.69) is 10.3 Å². The van der Waals surface area contributed by atoms with Crippen molar-refractivity contribution in [3.8, 4) is 11.5 Å². The van der Waals surface area contributed by atoms with E-state index in [1.807, 2.05) is 60.7 Å². The number of ether oxygens (including phenoxy) is 2. The van der Waals surface area contributed by atoms with Gasteiger partial charge in [0.25, 0.3) is 5.91 Å². The molecule has 2 aliphatic rings. The third kappa shape index (κ3) is 5.54. The number of thioether (sulfide) groups is 1. The van der Waals surface area contributed by atoms with Gasteiger partial charge in [0.1, 0.15) is 16.7 Å². The standard InChI is InChI=1S/C28H25ClN4O4S/c1-36-20-11-12-24(37-2)21(14-20)22-15-23(17-7-6-8-18(29)13-17)33(32-22)28-31-27(35)25(38-28)16-26(34)30-19-9-4-3-5-10-19/h3-14,23,25H,15-16H2,1-2H3,(H,30,34)/t23-,25-/m1/s1. The molecule has 0 spiro atoms. The molecule has 5 rings (SSSR count). The molecule has 3 aromatic carbocycles. The molecule has 0 unspecified atom stereocenters. The van der Waals surface area contributed by atoms with Crippen molar-refractivity contribution in [2.75, 3.05) is 19.5 Å². The second-order valence-corrected chi connectivity index (χ2v) is 10.3. The van der Waals surface area contributed by atoms with Gasteiger partial charge < -0.3 is 14.8 Å². The number of hydrogen-bond acceptors (Lipinski definition) is 7. The van der Waals surface area contributed by atoms with Crippen LogP contribution in [0.1, 0.15) is 30.0 Å². The number of amides is 2. The summed E-state index contributed by atoms with van der Waals surface area (Å²) in [6.07, 6.45) is 0.526. The van der Waals surface area contributed by atoms with Crippen molar-refractivity contribution in [3.05, 3.63) is 88.9 Å². The maximum atomic E-state index is 12.8. The Kier molecular flexibility index (Phi) is 7.67. The van der Waals surface area contributed by atoms with Gasteiger partial charge >= 0.3 is 0 Å². The third-order valence-electron chi connectivity index (χ3n) is 6.21. The topological polar surface area (TPSA) is 92.6 Å². The molecule has 1 N–H and O–H groups in total. The van der Waals surface area contributed by atoms with E-state index in [0.29, 0.717) is 33.8 Å². The molecular weight excluding hydrogens is 524 g/mol. The Balaban J connectivity index is 1.42. The summed E-state index contributed by atoms with van der Waals surface area (Å²) in [4.78, 5) is 29.8. The lowest BCUT2D eigenvalue weighted by molar-refractivity contribution is -0.121. The highest BCUT2D eigenvalue weighted by atomic mass is 35.5. The third-order valence-corrected chi connectivity index (χ3v) is 7.59. The molecule has 0 saturated carbocycles. The van der Waals surface area contributed by atoms with E-state index in [9.17, 15) is 9.59 Å². The summed E-state index contributed by atoms with van der Waals surface area (Å²) in [6, 6.07) is 22.0. The van der Waals surface area contributed by atoms with Crippen molar-refractivity contribution in [2.24, 2.45) is 10.1 Å². The van der Waals surface area contributed by atoms with Gasteiger partial charge in [-0.15, -0.1) is 0 Å². The largest absolute Gasteiger partial charge is 0.497 e. The van der Waals surface area contributed by atoms with E-state index in [1.54, 1.807) is 31.4 Å². The number of rotatable bonds is 7. The average Bonchev–Trinajstić information content (AvgIpc) is 3.52. The van der Waals surface area contributed by atoms with Crippen LogP contribution in [0.5, 0.6) is 11.5 Å². The van der Waals surface area contributed by atoms with Gasteiger partial charge in [-0.1, -0.05) is 53.7 Å². The zero-order valence-electron chi connectivity index (χ0n) is 20.8. The Morgan fingerprint density at radius 1 is 1.08 bits per heavy atom. The first kappa shape index (κ1) is 25.8. The predicted octanol–water partition coefficient (Wildman–Crippen LogP) is 5.54. The number of aliphatic imine (C=N–C) groups is 1. The first-order valence-electron chi connectivity index (χ1n) is 11.9. The van der Waals surface area contributed by atoms with Crippen molar-refractivity contribution < 1.29 is 19.1 Å². The Morgan fingerprint density at radius 2 is 1.89 bits per heavy atom. The second-order valence-electron chi connectivity index (χ2n) is 8.69. The van der Waals surface area contributed by atoms with Crippen molar-refractivity contribution in [1.29, 1.82) is 0 Å². The van der Waals surface area contributed by atoms with Gasteiger partial charge in [-0.25, -0.2) is 5.01 Å². The minimum atomic E-state index is -0.640. The second kappa shape index (κ2) is 11.3. The normalized spacial score (nSPS) is 18.7. The highest BCUT2D eigenvalue weighted by Gasteiger charge is 2.39. The lowest BCUT2D eigenvalue weighted by atomic mass is 9.98. The molecule has 8 nitrogen and oxygen atoms in total. The number of halogens is 1. The van der Waals surface area contributed by atoms with Gasteiger partial charge in [0.2, 0.25) is 5.91 Å². The molecule has 2 aliphatic heterocycles. The van der Waals surface area contributed by atoms with Crippen molar-refractivity contribution >= 4 is 51.7 Å². The van der Waals surface area contributed by atoms with E-state index in [0.717, 1.165) is 16.8 Å². The van der Waals surface area contributed by atoms with Gasteiger partial charge in [0.15, 0.2) is 5.17 Å². The molecule has 3 aromatic rings. The number of nitrogens with one attached hydrogen (secondary N) is 1. The van der Waals surface area contributed by atoms with E-state index in [1.165, 1.54) is 11.8 Å². The molecule has 2 atom stereocenters. The van der Waals surface area contributed by atoms with Crippen LogP contribution in [-0.4, -0.2) is 47.2 Å². The monoisotopic (exact) mass is 548 g/mol. The summed E-state index contributed by atoms with van der Waals surface area (Å²) in [5.41, 5.74) is 3.15. The first-order valence-corrected chi connectivity index (χ1v) is 13.2. The summed E-state index contributed by atoms with van der Waals surface area (Å²) in [7, 11) is 3.21. The molecule has 0 saturated heterocycles. The highest BCUT2D eigenvalue weighted by molar-refractivity contribution is 8.15. The predicted molar refractivity (Wildman–Crippen MR) is 150 cm³/mol. The molecule has 0 aromatic heterocycles.